The Bertz CT molecular complexity index is 401. The maximum absolute atomic E-state index is 12.1. The summed E-state index contributed by atoms with van der Waals surface area (Å²) in [6.07, 6.45) is -4.61. The van der Waals surface area contributed by atoms with E-state index in [-0.39, 0.29) is 5.69 Å². The number of rotatable bonds is 1. The largest absolute Gasteiger partial charge is 0.444 e. The highest BCUT2D eigenvalue weighted by Crippen LogP contribution is 2.31. The average Bonchev–Trinajstić information content (AvgIpc) is 2.11. The molecule has 0 aliphatic rings. The summed E-state index contributed by atoms with van der Waals surface area (Å²) in [5, 5.41) is -1.38. The summed E-state index contributed by atoms with van der Waals surface area (Å²) in [7, 11) is 0. The zero-order valence-corrected chi connectivity index (χ0v) is 9.91. The van der Waals surface area contributed by atoms with Gasteiger partial charge in [-0.2, -0.15) is 13.2 Å². The lowest BCUT2D eigenvalue weighted by Gasteiger charge is -2.05. The molecule has 0 radical (unpaired) electrons. The van der Waals surface area contributed by atoms with Gasteiger partial charge in [0.2, 0.25) is 5.17 Å². The zero-order valence-electron chi connectivity index (χ0n) is 7.57. The third kappa shape index (κ3) is 3.21. The Kier molecular flexibility index (Phi) is 3.78. The highest BCUT2D eigenvalue weighted by Gasteiger charge is 2.34. The van der Waals surface area contributed by atoms with E-state index >= 15 is 0 Å². The van der Waals surface area contributed by atoms with Crippen LogP contribution < -0.4 is 0 Å². The van der Waals surface area contributed by atoms with Gasteiger partial charge in [0.25, 0.3) is 0 Å². The molecule has 0 atom stereocenters. The van der Waals surface area contributed by atoms with Gasteiger partial charge in [-0.15, -0.1) is 0 Å². The maximum Gasteiger partial charge on any atom is 0.444 e. The summed E-state index contributed by atoms with van der Waals surface area (Å²) in [5.41, 5.74) is 0.959. The molecular formula is C9H6BrClF3N. The van der Waals surface area contributed by atoms with Crippen LogP contribution in [0.1, 0.15) is 5.56 Å². The van der Waals surface area contributed by atoms with Crippen LogP contribution in [0, 0.1) is 6.92 Å². The minimum Gasteiger partial charge on any atom is -0.231 e. The minimum absolute atomic E-state index is 0.164. The van der Waals surface area contributed by atoms with E-state index in [9.17, 15) is 13.2 Å². The fraction of sp³-hybridized carbons (Fsp3) is 0.222. The number of halogens is 5. The summed E-state index contributed by atoms with van der Waals surface area (Å²) in [6.45, 7) is 1.75. The molecule has 0 unspecified atom stereocenters. The summed E-state index contributed by atoms with van der Waals surface area (Å²) >= 11 is 8.16. The third-order valence-electron chi connectivity index (χ3n) is 1.62. The van der Waals surface area contributed by atoms with Crippen molar-refractivity contribution in [1.82, 2.24) is 0 Å². The van der Waals surface area contributed by atoms with Gasteiger partial charge < -0.3 is 0 Å². The number of aliphatic imine (C=N–C) groups is 1. The second kappa shape index (κ2) is 4.53. The number of benzene rings is 1. The van der Waals surface area contributed by atoms with Crippen molar-refractivity contribution >= 4 is 38.4 Å². The Morgan fingerprint density at radius 3 is 2.53 bits per heavy atom. The Balaban J connectivity index is 3.15. The summed E-state index contributed by atoms with van der Waals surface area (Å²) in [5.74, 6) is 0. The molecule has 0 saturated carbocycles. The average molecular weight is 301 g/mol. The highest BCUT2D eigenvalue weighted by molar-refractivity contribution is 9.10. The molecule has 0 aromatic heterocycles. The van der Waals surface area contributed by atoms with E-state index in [1.54, 1.807) is 19.1 Å². The Morgan fingerprint density at radius 2 is 2.00 bits per heavy atom. The Hall–Kier alpha value is -0.550. The third-order valence-corrected chi connectivity index (χ3v) is 2.95. The van der Waals surface area contributed by atoms with Gasteiger partial charge in [0.15, 0.2) is 0 Å². The van der Waals surface area contributed by atoms with Gasteiger partial charge in [0, 0.05) is 4.47 Å². The molecule has 0 amide bonds. The molecule has 0 aliphatic heterocycles. The van der Waals surface area contributed by atoms with Crippen LogP contribution in [-0.2, 0) is 0 Å². The summed E-state index contributed by atoms with van der Waals surface area (Å²) in [4.78, 5) is 3.30. The molecule has 0 bridgehead atoms. The fourth-order valence-corrected chi connectivity index (χ4v) is 1.33. The number of alkyl halides is 3. The first-order chi connectivity index (χ1) is 6.82. The molecule has 1 nitrogen and oxygen atoms in total. The second-order valence-electron chi connectivity index (χ2n) is 2.81. The normalized spacial score (nSPS) is 13.1. The molecule has 0 N–H and O–H groups in total. The molecule has 0 spiro atoms. The first-order valence-corrected chi connectivity index (χ1v) is 5.06. The van der Waals surface area contributed by atoms with Crippen molar-refractivity contribution in [3.05, 3.63) is 28.2 Å². The van der Waals surface area contributed by atoms with Crippen molar-refractivity contribution in [2.45, 2.75) is 13.1 Å². The summed E-state index contributed by atoms with van der Waals surface area (Å²) in [6, 6.07) is 4.81. The van der Waals surface area contributed by atoms with Crippen LogP contribution in [0.2, 0.25) is 0 Å². The molecule has 0 aliphatic carbocycles. The Labute approximate surface area is 98.1 Å². The van der Waals surface area contributed by atoms with E-state index in [1.807, 2.05) is 0 Å². The quantitative estimate of drug-likeness (QED) is 0.673. The smallest absolute Gasteiger partial charge is 0.231 e. The molecule has 6 heteroatoms. The summed E-state index contributed by atoms with van der Waals surface area (Å²) < 4.78 is 36.8. The van der Waals surface area contributed by atoms with Gasteiger partial charge in [0.1, 0.15) is 0 Å². The molecule has 1 aromatic rings. The topological polar surface area (TPSA) is 12.4 Å². The Morgan fingerprint density at radius 1 is 1.40 bits per heavy atom. The first-order valence-electron chi connectivity index (χ1n) is 3.89. The van der Waals surface area contributed by atoms with E-state index in [1.165, 1.54) is 6.07 Å². The van der Waals surface area contributed by atoms with Gasteiger partial charge in [-0.05, 0) is 34.5 Å². The lowest BCUT2D eigenvalue weighted by atomic mass is 10.2. The fourth-order valence-electron chi connectivity index (χ4n) is 0.887. The van der Waals surface area contributed by atoms with E-state index in [2.05, 4.69) is 20.9 Å². The zero-order chi connectivity index (χ0) is 11.6. The maximum atomic E-state index is 12.1. The van der Waals surface area contributed by atoms with Crippen LogP contribution in [0.15, 0.2) is 27.7 Å². The number of nitrogens with zero attached hydrogens (tertiary/aromatic N) is 1. The standard InChI is InChI=1S/C9H6BrClF3N/c1-5-3-2-4-6(7(5)10)15-8(11)9(12,13)14/h2-4H,1H3. The minimum atomic E-state index is -4.61. The first kappa shape index (κ1) is 12.5. The molecule has 0 fully saturated rings. The van der Waals surface area contributed by atoms with Gasteiger partial charge in [-0.25, -0.2) is 4.99 Å². The van der Waals surface area contributed by atoms with Crippen molar-refractivity contribution in [1.29, 1.82) is 0 Å². The lowest BCUT2D eigenvalue weighted by molar-refractivity contribution is -0.0558. The van der Waals surface area contributed by atoms with E-state index in [0.717, 1.165) is 5.56 Å². The van der Waals surface area contributed by atoms with Crippen LogP contribution in [-0.4, -0.2) is 11.3 Å². The molecule has 0 saturated heterocycles. The molecule has 1 rings (SSSR count). The van der Waals surface area contributed by atoms with Gasteiger partial charge in [-0.1, -0.05) is 23.7 Å². The molecular weight excluding hydrogens is 294 g/mol. The van der Waals surface area contributed by atoms with E-state index in [4.69, 9.17) is 11.6 Å². The van der Waals surface area contributed by atoms with Gasteiger partial charge in [-0.3, -0.25) is 0 Å². The number of aryl methyl sites for hydroxylation is 1. The van der Waals surface area contributed by atoms with Crippen molar-refractivity contribution in [2.75, 3.05) is 0 Å². The van der Waals surface area contributed by atoms with Gasteiger partial charge in [0.05, 0.1) is 5.69 Å². The van der Waals surface area contributed by atoms with Crippen molar-refractivity contribution in [3.63, 3.8) is 0 Å². The number of hydrogen-bond acceptors (Lipinski definition) is 1. The van der Waals surface area contributed by atoms with Crippen molar-refractivity contribution < 1.29 is 13.2 Å². The second-order valence-corrected chi connectivity index (χ2v) is 3.96. The van der Waals surface area contributed by atoms with Crippen LogP contribution in [0.4, 0.5) is 18.9 Å². The van der Waals surface area contributed by atoms with E-state index in [0.29, 0.717) is 4.47 Å². The highest BCUT2D eigenvalue weighted by atomic mass is 79.9. The molecule has 0 heterocycles. The van der Waals surface area contributed by atoms with Crippen LogP contribution in [0.5, 0.6) is 0 Å². The van der Waals surface area contributed by atoms with Gasteiger partial charge >= 0.3 is 6.18 Å². The lowest BCUT2D eigenvalue weighted by Crippen LogP contribution is -2.16. The van der Waals surface area contributed by atoms with Crippen molar-refractivity contribution in [2.24, 2.45) is 4.99 Å². The van der Waals surface area contributed by atoms with Crippen LogP contribution >= 0.6 is 27.5 Å². The monoisotopic (exact) mass is 299 g/mol. The number of hydrogen-bond donors (Lipinski definition) is 0. The molecule has 82 valence electrons. The van der Waals surface area contributed by atoms with E-state index < -0.39 is 11.3 Å². The van der Waals surface area contributed by atoms with Crippen LogP contribution in [0.25, 0.3) is 0 Å². The SMILES string of the molecule is Cc1cccc(N=C(Cl)C(F)(F)F)c1Br. The molecule has 15 heavy (non-hydrogen) atoms. The predicted molar refractivity (Wildman–Crippen MR) is 57.9 cm³/mol. The predicted octanol–water partition coefficient (Wildman–Crippen LogP) is 4.59. The molecule has 1 aromatic carbocycles. The van der Waals surface area contributed by atoms with Crippen molar-refractivity contribution in [3.8, 4) is 0 Å². The van der Waals surface area contributed by atoms with Crippen LogP contribution in [0.3, 0.4) is 0 Å².